The van der Waals surface area contributed by atoms with Gasteiger partial charge in [0.15, 0.2) is 0 Å². The molecule has 2 fully saturated rings. The number of nitro benzene ring substituents is 1. The van der Waals surface area contributed by atoms with Gasteiger partial charge >= 0.3 is 0 Å². The fourth-order valence-corrected chi connectivity index (χ4v) is 4.53. The zero-order chi connectivity index (χ0) is 24.8. The predicted molar refractivity (Wildman–Crippen MR) is 130 cm³/mol. The third-order valence-corrected chi connectivity index (χ3v) is 6.43. The number of hydrogen-bond acceptors (Lipinski definition) is 7. The Morgan fingerprint density at radius 3 is 2.29 bits per heavy atom. The molecule has 0 unspecified atom stereocenters. The second-order valence-corrected chi connectivity index (χ2v) is 8.68. The van der Waals surface area contributed by atoms with Crippen LogP contribution < -0.4 is 10.2 Å². The Kier molecular flexibility index (Phi) is 7.57. The number of hydrogen-bond donors (Lipinski definition) is 1. The molecule has 10 nitrogen and oxygen atoms in total. The number of nitro groups is 1. The quantitative estimate of drug-likeness (QED) is 0.530. The Balaban J connectivity index is 1.49. The number of nitriles is 1. The SMILES string of the molecule is N#Cc1ccc(C(=O)N2CCCN(c3ccc(C(=O)N4CCCNCC4)cc3[N+](=O)[O-])CC2)cc1. The zero-order valence-electron chi connectivity index (χ0n) is 19.5. The van der Waals surface area contributed by atoms with E-state index in [1.165, 1.54) is 6.07 Å². The van der Waals surface area contributed by atoms with Crippen LogP contribution >= 0.6 is 0 Å². The number of nitrogens with one attached hydrogen (secondary N) is 1. The van der Waals surface area contributed by atoms with Gasteiger partial charge in [0.25, 0.3) is 17.5 Å². The molecule has 35 heavy (non-hydrogen) atoms. The van der Waals surface area contributed by atoms with Crippen molar-refractivity contribution in [1.29, 1.82) is 5.26 Å². The Labute approximate surface area is 203 Å². The number of carbonyl (C=O) groups is 2. The second-order valence-electron chi connectivity index (χ2n) is 8.68. The van der Waals surface area contributed by atoms with E-state index in [9.17, 15) is 19.7 Å². The van der Waals surface area contributed by atoms with Crippen LogP contribution in [0.3, 0.4) is 0 Å². The summed E-state index contributed by atoms with van der Waals surface area (Å²) in [6.45, 7) is 4.69. The maximum atomic E-state index is 13.0. The standard InChI is InChI=1S/C25H28N6O4/c26-18-19-3-5-20(6-4-19)24(32)30-13-2-12-28(15-16-30)22-8-7-21(17-23(22)31(34)35)25(33)29-11-1-9-27-10-14-29/h3-8,17,27H,1-2,9-16H2. The monoisotopic (exact) mass is 476 g/mol. The summed E-state index contributed by atoms with van der Waals surface area (Å²) in [7, 11) is 0. The molecule has 0 radical (unpaired) electrons. The number of amides is 2. The average Bonchev–Trinajstić information content (AvgIpc) is 3.31. The van der Waals surface area contributed by atoms with E-state index >= 15 is 0 Å². The fraction of sp³-hybridized carbons (Fsp3) is 0.400. The van der Waals surface area contributed by atoms with Crippen LogP contribution in [0.5, 0.6) is 0 Å². The largest absolute Gasteiger partial charge is 0.364 e. The highest BCUT2D eigenvalue weighted by Crippen LogP contribution is 2.31. The molecular formula is C25H28N6O4. The molecule has 0 aromatic heterocycles. The van der Waals surface area contributed by atoms with Crippen molar-refractivity contribution in [2.45, 2.75) is 12.8 Å². The van der Waals surface area contributed by atoms with Gasteiger partial charge in [-0.05, 0) is 55.8 Å². The van der Waals surface area contributed by atoms with Crippen molar-refractivity contribution in [1.82, 2.24) is 15.1 Å². The zero-order valence-corrected chi connectivity index (χ0v) is 19.5. The lowest BCUT2D eigenvalue weighted by atomic mass is 10.1. The molecule has 2 aliphatic rings. The summed E-state index contributed by atoms with van der Waals surface area (Å²) in [5.74, 6) is -0.322. The van der Waals surface area contributed by atoms with Crippen molar-refractivity contribution in [2.24, 2.45) is 0 Å². The average molecular weight is 477 g/mol. The van der Waals surface area contributed by atoms with Gasteiger partial charge in [-0.15, -0.1) is 0 Å². The maximum Gasteiger partial charge on any atom is 0.293 e. The van der Waals surface area contributed by atoms with Gasteiger partial charge in [0.1, 0.15) is 5.69 Å². The molecule has 2 aromatic rings. The summed E-state index contributed by atoms with van der Waals surface area (Å²) in [6.07, 6.45) is 1.50. The number of anilines is 1. The van der Waals surface area contributed by atoms with Gasteiger partial charge in [-0.1, -0.05) is 0 Å². The lowest BCUT2D eigenvalue weighted by molar-refractivity contribution is -0.384. The van der Waals surface area contributed by atoms with Gasteiger partial charge < -0.3 is 20.0 Å². The summed E-state index contributed by atoms with van der Waals surface area (Å²) in [5.41, 5.74) is 1.67. The second kappa shape index (κ2) is 11.0. The molecule has 2 amide bonds. The van der Waals surface area contributed by atoms with E-state index in [-0.39, 0.29) is 17.5 Å². The van der Waals surface area contributed by atoms with E-state index in [0.29, 0.717) is 74.6 Å². The van der Waals surface area contributed by atoms with Crippen molar-refractivity contribution in [2.75, 3.05) is 57.3 Å². The molecule has 4 rings (SSSR count). The maximum absolute atomic E-state index is 13.0. The number of carbonyl (C=O) groups excluding carboxylic acids is 2. The van der Waals surface area contributed by atoms with E-state index in [1.54, 1.807) is 46.2 Å². The number of rotatable bonds is 4. The van der Waals surface area contributed by atoms with Crippen molar-refractivity contribution in [3.8, 4) is 6.07 Å². The molecule has 2 aliphatic heterocycles. The van der Waals surface area contributed by atoms with Gasteiger partial charge in [0, 0.05) is 63.0 Å². The Morgan fingerprint density at radius 1 is 0.857 bits per heavy atom. The normalized spacial score (nSPS) is 16.7. The number of nitrogens with zero attached hydrogens (tertiary/aromatic N) is 5. The fourth-order valence-electron chi connectivity index (χ4n) is 4.53. The molecule has 182 valence electrons. The van der Waals surface area contributed by atoms with E-state index < -0.39 is 4.92 Å². The van der Waals surface area contributed by atoms with Crippen molar-refractivity contribution < 1.29 is 14.5 Å². The first-order valence-corrected chi connectivity index (χ1v) is 11.8. The highest BCUT2D eigenvalue weighted by molar-refractivity contribution is 5.96. The molecule has 2 aromatic carbocycles. The van der Waals surface area contributed by atoms with Crippen LogP contribution in [0.15, 0.2) is 42.5 Å². The summed E-state index contributed by atoms with van der Waals surface area (Å²) < 4.78 is 0. The predicted octanol–water partition coefficient (Wildman–Crippen LogP) is 2.25. The molecule has 10 heteroatoms. The minimum Gasteiger partial charge on any atom is -0.364 e. The molecule has 0 spiro atoms. The van der Waals surface area contributed by atoms with Crippen molar-refractivity contribution >= 4 is 23.2 Å². The van der Waals surface area contributed by atoms with E-state index in [4.69, 9.17) is 5.26 Å². The topological polar surface area (TPSA) is 123 Å². The third-order valence-electron chi connectivity index (χ3n) is 6.43. The van der Waals surface area contributed by atoms with Crippen LogP contribution in [0.2, 0.25) is 0 Å². The molecule has 0 bridgehead atoms. The molecule has 0 saturated carbocycles. The van der Waals surface area contributed by atoms with Gasteiger partial charge in [-0.25, -0.2) is 0 Å². The highest BCUT2D eigenvalue weighted by atomic mass is 16.6. The van der Waals surface area contributed by atoms with E-state index in [0.717, 1.165) is 13.0 Å². The summed E-state index contributed by atoms with van der Waals surface area (Å²) in [4.78, 5) is 42.8. The Hall–Kier alpha value is -3.97. The van der Waals surface area contributed by atoms with E-state index in [2.05, 4.69) is 5.32 Å². The summed E-state index contributed by atoms with van der Waals surface area (Å²) >= 11 is 0. The minimum atomic E-state index is -0.444. The van der Waals surface area contributed by atoms with Crippen LogP contribution in [0, 0.1) is 21.4 Å². The Bertz CT molecular complexity index is 1140. The van der Waals surface area contributed by atoms with Crippen LogP contribution in [0.4, 0.5) is 11.4 Å². The first kappa shape index (κ1) is 24.2. The van der Waals surface area contributed by atoms with Crippen LogP contribution in [-0.2, 0) is 0 Å². The van der Waals surface area contributed by atoms with Crippen molar-refractivity contribution in [3.63, 3.8) is 0 Å². The lowest BCUT2D eigenvalue weighted by Crippen LogP contribution is -2.35. The highest BCUT2D eigenvalue weighted by Gasteiger charge is 2.27. The Morgan fingerprint density at radius 2 is 1.54 bits per heavy atom. The van der Waals surface area contributed by atoms with Crippen LogP contribution in [0.1, 0.15) is 39.1 Å². The minimum absolute atomic E-state index is 0.101. The van der Waals surface area contributed by atoms with Gasteiger partial charge in [-0.3, -0.25) is 19.7 Å². The first-order chi connectivity index (χ1) is 17.0. The molecule has 1 N–H and O–H groups in total. The van der Waals surface area contributed by atoms with Gasteiger partial charge in [0.05, 0.1) is 16.6 Å². The van der Waals surface area contributed by atoms with Crippen LogP contribution in [0.25, 0.3) is 0 Å². The molecule has 0 aliphatic carbocycles. The number of benzene rings is 2. The van der Waals surface area contributed by atoms with E-state index in [1.807, 2.05) is 11.0 Å². The molecular weight excluding hydrogens is 448 g/mol. The molecule has 2 heterocycles. The van der Waals surface area contributed by atoms with Gasteiger partial charge in [0.2, 0.25) is 0 Å². The summed E-state index contributed by atoms with van der Waals surface area (Å²) in [6, 6.07) is 13.2. The molecule has 0 atom stereocenters. The lowest BCUT2D eigenvalue weighted by Gasteiger charge is -2.24. The summed E-state index contributed by atoms with van der Waals surface area (Å²) in [5, 5.41) is 24.1. The van der Waals surface area contributed by atoms with Gasteiger partial charge in [-0.2, -0.15) is 5.26 Å². The van der Waals surface area contributed by atoms with Crippen molar-refractivity contribution in [3.05, 3.63) is 69.3 Å². The first-order valence-electron chi connectivity index (χ1n) is 11.8. The third kappa shape index (κ3) is 5.58. The molecule has 2 saturated heterocycles. The smallest absolute Gasteiger partial charge is 0.293 e. The van der Waals surface area contributed by atoms with Crippen LogP contribution in [-0.4, -0.2) is 78.9 Å².